The number of non-ortho nitro benzene ring substituents is 1. The van der Waals surface area contributed by atoms with Crippen LogP contribution < -0.4 is 20.7 Å². The van der Waals surface area contributed by atoms with Gasteiger partial charge in [-0.1, -0.05) is 0 Å². The third kappa shape index (κ3) is 14.3. The van der Waals surface area contributed by atoms with Gasteiger partial charge in [0.2, 0.25) is 17.6 Å². The van der Waals surface area contributed by atoms with Crippen LogP contribution in [0.25, 0.3) is 0 Å². The van der Waals surface area contributed by atoms with Crippen molar-refractivity contribution in [1.29, 1.82) is 0 Å². The van der Waals surface area contributed by atoms with E-state index in [9.17, 15) is 38.9 Å². The van der Waals surface area contributed by atoms with Crippen molar-refractivity contribution in [3.05, 3.63) is 46.2 Å². The van der Waals surface area contributed by atoms with Gasteiger partial charge < -0.3 is 47.9 Å². The molecular formula is C33H43N5O17. The molecule has 5 atom stereocenters. The maximum Gasteiger partial charge on any atom is 0.513 e. The van der Waals surface area contributed by atoms with Crippen molar-refractivity contribution in [1.82, 2.24) is 16.0 Å². The van der Waals surface area contributed by atoms with Crippen LogP contribution in [0.4, 0.5) is 24.9 Å². The summed E-state index contributed by atoms with van der Waals surface area (Å²) in [6, 6.07) is 1.94. The van der Waals surface area contributed by atoms with E-state index in [2.05, 4.69) is 20.9 Å². The number of nitro groups is 1. The van der Waals surface area contributed by atoms with Gasteiger partial charge >= 0.3 is 30.5 Å². The molecular weight excluding hydrogens is 738 g/mol. The first-order valence-electron chi connectivity index (χ1n) is 16.5. The van der Waals surface area contributed by atoms with Gasteiger partial charge in [0.1, 0.15) is 36.3 Å². The number of nitrogens with one attached hydrogen (secondary N) is 3. The second kappa shape index (κ2) is 18.7. The Morgan fingerprint density at radius 2 is 1.56 bits per heavy atom. The summed E-state index contributed by atoms with van der Waals surface area (Å²) < 4.78 is 47.7. The van der Waals surface area contributed by atoms with E-state index in [4.69, 9.17) is 42.6 Å². The van der Waals surface area contributed by atoms with E-state index in [0.29, 0.717) is 0 Å². The van der Waals surface area contributed by atoms with Gasteiger partial charge in [-0.15, -0.1) is 0 Å². The van der Waals surface area contributed by atoms with E-state index in [0.717, 1.165) is 32.2 Å². The molecule has 55 heavy (non-hydrogen) atoms. The topological polar surface area (TPSA) is 277 Å². The predicted molar refractivity (Wildman–Crippen MR) is 184 cm³/mol. The Bertz CT molecular complexity index is 1630. The van der Waals surface area contributed by atoms with Crippen LogP contribution in [0.1, 0.15) is 48.5 Å². The van der Waals surface area contributed by atoms with Crippen molar-refractivity contribution in [3.63, 3.8) is 0 Å². The Morgan fingerprint density at radius 3 is 2.05 bits per heavy atom. The number of nitrogens with zero attached hydrogens (tertiary/aromatic N) is 2. The highest BCUT2D eigenvalue weighted by Gasteiger charge is 2.49. The molecule has 0 aromatic heterocycles. The molecule has 3 rings (SSSR count). The van der Waals surface area contributed by atoms with E-state index >= 15 is 0 Å². The Hall–Kier alpha value is -6.19. The second-order valence-electron chi connectivity index (χ2n) is 13.6. The standard InChI is InChI=1S/C33H43N5O17/c1-17(39)34-23-20(35-27(36-28(41)54-32(2,3)4)37-29(42)55-33(5,6)7)15-21(26(40)47-8)52-25(23)24(22-16-50-31(44)53-22)48-13-14-49-30(43)51-19-11-9-18(10-12-19)38(45)46/h9-12,15,20,22-25H,13-14,16H2,1-8H3,(H,34,39)(H2,35,36,37,41,42)/t20-,22+,23+,24+,25+/m0/s1. The summed E-state index contributed by atoms with van der Waals surface area (Å²) in [7, 11) is 1.06. The first-order chi connectivity index (χ1) is 25.6. The second-order valence-corrected chi connectivity index (χ2v) is 13.6. The number of carbonyl (C=O) groups is 6. The number of rotatable bonds is 11. The fourth-order valence-electron chi connectivity index (χ4n) is 4.75. The van der Waals surface area contributed by atoms with Crippen molar-refractivity contribution in [2.45, 2.75) is 90.1 Å². The highest BCUT2D eigenvalue weighted by molar-refractivity contribution is 6.01. The minimum Gasteiger partial charge on any atom is -0.478 e. The lowest BCUT2D eigenvalue weighted by atomic mass is 9.92. The molecule has 0 radical (unpaired) electrons. The molecule has 22 nitrogen and oxygen atoms in total. The summed E-state index contributed by atoms with van der Waals surface area (Å²) in [5.41, 5.74) is -2.18. The molecule has 0 bridgehead atoms. The van der Waals surface area contributed by atoms with Gasteiger partial charge in [-0.2, -0.15) is 0 Å². The van der Waals surface area contributed by atoms with Crippen LogP contribution in [0.2, 0.25) is 0 Å². The monoisotopic (exact) mass is 781 g/mol. The number of nitro benzene ring substituents is 1. The van der Waals surface area contributed by atoms with Crippen LogP contribution in [-0.2, 0) is 47.5 Å². The molecule has 0 saturated carbocycles. The predicted octanol–water partition coefficient (Wildman–Crippen LogP) is 2.77. The molecule has 2 aliphatic heterocycles. The lowest BCUT2D eigenvalue weighted by Crippen LogP contribution is -2.61. The van der Waals surface area contributed by atoms with Gasteiger partial charge in [0.05, 0.1) is 30.7 Å². The van der Waals surface area contributed by atoms with Crippen molar-refractivity contribution in [2.24, 2.45) is 4.99 Å². The summed E-state index contributed by atoms with van der Waals surface area (Å²) in [6.45, 7) is 9.47. The number of amides is 3. The van der Waals surface area contributed by atoms with E-state index in [1.807, 2.05) is 0 Å². The van der Waals surface area contributed by atoms with Crippen molar-refractivity contribution < 1.29 is 76.3 Å². The van der Waals surface area contributed by atoms with Crippen molar-refractivity contribution in [3.8, 4) is 5.75 Å². The van der Waals surface area contributed by atoms with E-state index < -0.39 is 108 Å². The number of esters is 1. The quantitative estimate of drug-likeness (QED) is 0.0425. The molecule has 22 heteroatoms. The zero-order valence-corrected chi connectivity index (χ0v) is 31.2. The smallest absolute Gasteiger partial charge is 0.478 e. The number of aliphatic imine (C=N–C) groups is 1. The molecule has 1 aromatic rings. The highest BCUT2D eigenvalue weighted by atomic mass is 16.8. The van der Waals surface area contributed by atoms with Crippen LogP contribution in [0, 0.1) is 10.1 Å². The fourth-order valence-corrected chi connectivity index (χ4v) is 4.75. The average Bonchev–Trinajstić information content (AvgIpc) is 3.49. The fraction of sp³-hybridized carbons (Fsp3) is 0.545. The molecule has 3 amide bonds. The van der Waals surface area contributed by atoms with Gasteiger partial charge in [0, 0.05) is 19.1 Å². The van der Waals surface area contributed by atoms with Crippen LogP contribution in [0.3, 0.4) is 0 Å². The minimum atomic E-state index is -1.47. The van der Waals surface area contributed by atoms with Gasteiger partial charge in [-0.25, -0.2) is 29.0 Å². The number of benzene rings is 1. The Morgan fingerprint density at radius 1 is 0.964 bits per heavy atom. The minimum absolute atomic E-state index is 0.0476. The lowest BCUT2D eigenvalue weighted by molar-refractivity contribution is -0.384. The molecule has 0 unspecified atom stereocenters. The third-order valence-electron chi connectivity index (χ3n) is 6.75. The van der Waals surface area contributed by atoms with Crippen LogP contribution in [-0.4, -0.2) is 116 Å². The molecule has 0 spiro atoms. The zero-order valence-electron chi connectivity index (χ0n) is 31.2. The molecule has 2 aliphatic rings. The lowest BCUT2D eigenvalue weighted by Gasteiger charge is -2.40. The molecule has 302 valence electrons. The number of carbonyl (C=O) groups excluding carboxylic acids is 6. The summed E-state index contributed by atoms with van der Waals surface area (Å²) in [4.78, 5) is 90.2. The van der Waals surface area contributed by atoms with Crippen molar-refractivity contribution >= 4 is 48.0 Å². The number of alkyl carbamates (subject to hydrolysis) is 2. The van der Waals surface area contributed by atoms with Crippen molar-refractivity contribution in [2.75, 3.05) is 26.9 Å². The Balaban J connectivity index is 1.96. The Kier molecular flexibility index (Phi) is 14.7. The van der Waals surface area contributed by atoms with Crippen LogP contribution in [0.15, 0.2) is 41.1 Å². The number of ether oxygens (including phenoxy) is 9. The first kappa shape index (κ1) is 43.2. The molecule has 1 fully saturated rings. The molecule has 0 aliphatic carbocycles. The van der Waals surface area contributed by atoms with Crippen LogP contribution >= 0.6 is 0 Å². The first-order valence-corrected chi connectivity index (χ1v) is 16.5. The molecule has 3 N–H and O–H groups in total. The third-order valence-corrected chi connectivity index (χ3v) is 6.75. The zero-order chi connectivity index (χ0) is 41.1. The molecule has 2 heterocycles. The summed E-state index contributed by atoms with van der Waals surface area (Å²) >= 11 is 0. The van der Waals surface area contributed by atoms with E-state index in [1.54, 1.807) is 41.5 Å². The van der Waals surface area contributed by atoms with E-state index in [1.165, 1.54) is 12.1 Å². The van der Waals surface area contributed by atoms with Gasteiger partial charge in [0.25, 0.3) is 5.69 Å². The summed E-state index contributed by atoms with van der Waals surface area (Å²) in [6.07, 6.45) is -7.30. The molecule has 1 saturated heterocycles. The largest absolute Gasteiger partial charge is 0.513 e. The summed E-state index contributed by atoms with van der Waals surface area (Å²) in [5, 5.41) is 18.2. The Labute approximate surface area is 314 Å². The maximum absolute atomic E-state index is 12.9. The van der Waals surface area contributed by atoms with Gasteiger partial charge in [0.15, 0.2) is 12.2 Å². The van der Waals surface area contributed by atoms with E-state index in [-0.39, 0.29) is 18.0 Å². The normalized spacial score (nSPS) is 19.7. The number of methoxy groups -OCH3 is 1. The SMILES string of the molecule is COC(=O)C1=C[C@H](N=C(NC(=O)OC(C)(C)C)NC(=O)OC(C)(C)C)[C@@H](NC(C)=O)[C@H]([C@H](OCCOC(=O)Oc2ccc([N+](=O)[O-])cc2)[C@H]2COC(=O)O2)O1. The number of guanidine groups is 1. The highest BCUT2D eigenvalue weighted by Crippen LogP contribution is 2.29. The summed E-state index contributed by atoms with van der Waals surface area (Å²) in [5.74, 6) is -2.68. The number of hydrogen-bond acceptors (Lipinski definition) is 18. The van der Waals surface area contributed by atoms with Gasteiger partial charge in [-0.05, 0) is 59.8 Å². The number of hydrogen-bond donors (Lipinski definition) is 3. The van der Waals surface area contributed by atoms with Crippen LogP contribution in [0.5, 0.6) is 5.75 Å². The number of cyclic esters (lactones) is 2. The molecule has 1 aromatic carbocycles. The van der Waals surface area contributed by atoms with Gasteiger partial charge in [-0.3, -0.25) is 25.5 Å². The average molecular weight is 782 g/mol. The maximum atomic E-state index is 12.9.